The minimum Gasteiger partial charge on any atom is -0.489 e. The van der Waals surface area contributed by atoms with Gasteiger partial charge in [0.2, 0.25) is 0 Å². The lowest BCUT2D eigenvalue weighted by Gasteiger charge is -2.36. The van der Waals surface area contributed by atoms with Crippen LogP contribution >= 0.6 is 34.5 Å². The van der Waals surface area contributed by atoms with Gasteiger partial charge < -0.3 is 24.0 Å². The predicted molar refractivity (Wildman–Crippen MR) is 174 cm³/mol. The van der Waals surface area contributed by atoms with Crippen molar-refractivity contribution in [3.63, 3.8) is 0 Å². The first-order valence-corrected chi connectivity index (χ1v) is 16.6. The number of anilines is 1. The highest BCUT2D eigenvalue weighted by molar-refractivity contribution is 7.22. The van der Waals surface area contributed by atoms with Crippen molar-refractivity contribution < 1.29 is 23.9 Å². The summed E-state index contributed by atoms with van der Waals surface area (Å²) in [5, 5.41) is 15.9. The first kappa shape index (κ1) is 31.1. The van der Waals surface area contributed by atoms with Gasteiger partial charge in [0.25, 0.3) is 0 Å². The van der Waals surface area contributed by atoms with Crippen molar-refractivity contribution in [2.75, 3.05) is 37.6 Å². The van der Waals surface area contributed by atoms with Crippen molar-refractivity contribution in [3.8, 4) is 17.0 Å². The Morgan fingerprint density at radius 1 is 1.16 bits per heavy atom. The number of hydrogen-bond donors (Lipinski definition) is 1. The number of carbonyl (C=O) groups is 1. The summed E-state index contributed by atoms with van der Waals surface area (Å²) in [4.78, 5) is 21.3. The van der Waals surface area contributed by atoms with Crippen molar-refractivity contribution in [3.05, 3.63) is 57.3 Å². The smallest absolute Gasteiger partial charge is 0.335 e. The van der Waals surface area contributed by atoms with Gasteiger partial charge >= 0.3 is 5.97 Å². The number of thiazole rings is 1. The van der Waals surface area contributed by atoms with Crippen molar-refractivity contribution >= 4 is 55.9 Å². The van der Waals surface area contributed by atoms with Crippen molar-refractivity contribution in [2.24, 2.45) is 0 Å². The Hall–Kier alpha value is -2.89. The maximum absolute atomic E-state index is 11.7. The minimum absolute atomic E-state index is 0.0331. The molecule has 2 aliphatic rings. The zero-order valence-electron chi connectivity index (χ0n) is 25.0. The number of aromatic nitrogens is 2. The summed E-state index contributed by atoms with van der Waals surface area (Å²) in [5.41, 5.74) is 3.21. The fourth-order valence-electron chi connectivity index (χ4n) is 5.55. The maximum Gasteiger partial charge on any atom is 0.335 e. The van der Waals surface area contributed by atoms with E-state index in [1.165, 1.54) is 11.3 Å². The van der Waals surface area contributed by atoms with Gasteiger partial charge in [0, 0.05) is 49.8 Å². The average molecular weight is 660 g/mol. The van der Waals surface area contributed by atoms with E-state index in [2.05, 4.69) is 21.9 Å². The third-order valence-corrected chi connectivity index (χ3v) is 9.74. The molecule has 0 spiro atoms. The first-order valence-electron chi connectivity index (χ1n) is 15.1. The number of rotatable bonds is 12. The molecule has 6 rings (SSSR count). The van der Waals surface area contributed by atoms with Crippen molar-refractivity contribution in [1.82, 2.24) is 15.0 Å². The summed E-state index contributed by atoms with van der Waals surface area (Å²) < 4.78 is 19.1. The average Bonchev–Trinajstić information content (AvgIpc) is 3.61. The normalized spacial score (nSPS) is 16.6. The fraction of sp³-hybridized carbons (Fsp3) is 0.469. The summed E-state index contributed by atoms with van der Waals surface area (Å²) in [6, 6.07) is 8.70. The van der Waals surface area contributed by atoms with Crippen LogP contribution in [0.4, 0.5) is 5.13 Å². The van der Waals surface area contributed by atoms with E-state index in [4.69, 9.17) is 42.2 Å². The molecule has 1 aliphatic carbocycles. The topological polar surface area (TPSA) is 101 Å². The molecule has 1 N–H and O–H groups in total. The quantitative estimate of drug-likeness (QED) is 0.164. The zero-order chi connectivity index (χ0) is 31.0. The van der Waals surface area contributed by atoms with E-state index in [1.807, 2.05) is 32.0 Å². The lowest BCUT2D eigenvalue weighted by atomic mass is 10.0. The molecule has 4 aromatic rings. The largest absolute Gasteiger partial charge is 0.489 e. The van der Waals surface area contributed by atoms with Crippen LogP contribution in [0.5, 0.6) is 5.75 Å². The molecule has 1 saturated carbocycles. The number of hydrogen-bond acceptors (Lipinski definition) is 9. The van der Waals surface area contributed by atoms with Crippen LogP contribution in [0.3, 0.4) is 0 Å². The molecule has 12 heteroatoms. The molecule has 3 heterocycles. The number of ether oxygens (including phenoxy) is 2. The number of fused-ring (bicyclic) bond motifs is 1. The Bertz CT molecular complexity index is 1620. The summed E-state index contributed by atoms with van der Waals surface area (Å²) >= 11 is 14.6. The van der Waals surface area contributed by atoms with Gasteiger partial charge in [0.15, 0.2) is 5.13 Å². The minimum atomic E-state index is -0.978. The second-order valence-electron chi connectivity index (χ2n) is 11.7. The molecule has 0 unspecified atom stereocenters. The van der Waals surface area contributed by atoms with E-state index < -0.39 is 5.97 Å². The highest BCUT2D eigenvalue weighted by Gasteiger charge is 2.34. The molecule has 2 fully saturated rings. The van der Waals surface area contributed by atoms with Gasteiger partial charge in [-0.15, -0.1) is 0 Å². The Kier molecular flexibility index (Phi) is 9.35. The third-order valence-electron chi connectivity index (χ3n) is 8.05. The monoisotopic (exact) mass is 658 g/mol. The molecule has 234 valence electrons. The molecule has 1 aliphatic heterocycles. The number of aromatic carboxylic acids is 1. The van der Waals surface area contributed by atoms with Crippen LogP contribution in [0.2, 0.25) is 10.0 Å². The second kappa shape index (κ2) is 13.2. The molecule has 2 aromatic carbocycles. The molecular formula is C32H36Cl2N4O5S. The van der Waals surface area contributed by atoms with Gasteiger partial charge in [-0.25, -0.2) is 9.78 Å². The molecule has 2 aromatic heterocycles. The van der Waals surface area contributed by atoms with Gasteiger partial charge in [0.1, 0.15) is 22.7 Å². The van der Waals surface area contributed by atoms with E-state index in [1.54, 1.807) is 12.1 Å². The highest BCUT2D eigenvalue weighted by atomic mass is 35.5. The third kappa shape index (κ3) is 6.70. The van der Waals surface area contributed by atoms with Crippen LogP contribution in [0.1, 0.15) is 67.6 Å². The van der Waals surface area contributed by atoms with Crippen LogP contribution in [0.25, 0.3) is 21.5 Å². The Morgan fingerprint density at radius 2 is 1.89 bits per heavy atom. The van der Waals surface area contributed by atoms with Crippen LogP contribution in [-0.2, 0) is 11.3 Å². The maximum atomic E-state index is 11.7. The number of carboxylic acids is 1. The second-order valence-corrected chi connectivity index (χ2v) is 13.5. The number of halogens is 2. The SMILES string of the molecule is CC[C@H](CN1CCN(c2nc3c(OC(C)C)cc(C(=O)O)cc3s2)CC1)OCc1c(-c2c(Cl)cccc2Cl)noc1C1CC1. The summed E-state index contributed by atoms with van der Waals surface area (Å²) in [5.74, 6) is 0.785. The number of nitrogens with zero attached hydrogens (tertiary/aromatic N) is 4. The summed E-state index contributed by atoms with van der Waals surface area (Å²) in [7, 11) is 0. The molecule has 0 amide bonds. The van der Waals surface area contributed by atoms with Crippen LogP contribution in [0.15, 0.2) is 34.9 Å². The Balaban J connectivity index is 1.11. The van der Waals surface area contributed by atoms with Gasteiger partial charge in [-0.05, 0) is 57.4 Å². The van der Waals surface area contributed by atoms with Crippen molar-refractivity contribution in [1.29, 1.82) is 0 Å². The molecule has 9 nitrogen and oxygen atoms in total. The van der Waals surface area contributed by atoms with Gasteiger partial charge in [-0.3, -0.25) is 4.90 Å². The summed E-state index contributed by atoms with van der Waals surface area (Å²) in [6.45, 7) is 10.5. The van der Waals surface area contributed by atoms with E-state index >= 15 is 0 Å². The van der Waals surface area contributed by atoms with Crippen molar-refractivity contribution in [2.45, 2.75) is 64.8 Å². The first-order chi connectivity index (χ1) is 21.2. The summed E-state index contributed by atoms with van der Waals surface area (Å²) in [6.07, 6.45) is 2.98. The van der Waals surface area contributed by atoms with E-state index in [-0.39, 0.29) is 17.8 Å². The van der Waals surface area contributed by atoms with E-state index in [9.17, 15) is 9.90 Å². The van der Waals surface area contributed by atoms with Crippen LogP contribution < -0.4 is 9.64 Å². The van der Waals surface area contributed by atoms with Gasteiger partial charge in [-0.1, -0.05) is 52.7 Å². The Labute approximate surface area is 270 Å². The molecule has 0 radical (unpaired) electrons. The standard InChI is InChI=1S/C32H36Cl2N4O5S/c1-4-21(41-17-22-28(36-43-30(22)19-8-9-19)27-23(33)6-5-7-24(27)34)16-37-10-12-38(13-11-37)32-35-29-25(42-18(2)3)14-20(31(39)40)15-26(29)44-32/h5-7,14-15,18-19,21H,4,8-13,16-17H2,1-3H3,(H,39,40)/t21-/m1/s1. The molecular weight excluding hydrogens is 623 g/mol. The van der Waals surface area contributed by atoms with E-state index in [0.29, 0.717) is 45.1 Å². The van der Waals surface area contributed by atoms with E-state index in [0.717, 1.165) is 73.1 Å². The molecule has 0 bridgehead atoms. The Morgan fingerprint density at radius 3 is 2.52 bits per heavy atom. The number of piperazine rings is 1. The fourth-order valence-corrected chi connectivity index (χ4v) is 7.20. The lowest BCUT2D eigenvalue weighted by molar-refractivity contribution is 0.0116. The van der Waals surface area contributed by atoms with Crippen LogP contribution in [-0.4, -0.2) is 71.0 Å². The zero-order valence-corrected chi connectivity index (χ0v) is 27.3. The van der Waals surface area contributed by atoms with Crippen LogP contribution in [0, 0.1) is 0 Å². The predicted octanol–water partition coefficient (Wildman–Crippen LogP) is 7.74. The molecule has 44 heavy (non-hydrogen) atoms. The number of benzene rings is 2. The highest BCUT2D eigenvalue weighted by Crippen LogP contribution is 2.46. The number of carboxylic acid groups (broad SMARTS) is 1. The van der Waals surface area contributed by atoms with Gasteiger partial charge in [0.05, 0.1) is 39.1 Å². The lowest BCUT2D eigenvalue weighted by Crippen LogP contribution is -2.48. The van der Waals surface area contributed by atoms with Gasteiger partial charge in [-0.2, -0.15) is 0 Å². The molecule has 1 saturated heterocycles. The molecule has 1 atom stereocenters.